The largest absolute Gasteiger partial charge is 0.494 e. The van der Waals surface area contributed by atoms with Crippen LogP contribution in [-0.2, 0) is 11.3 Å². The van der Waals surface area contributed by atoms with Crippen molar-refractivity contribution in [1.29, 1.82) is 0 Å². The minimum absolute atomic E-state index is 0.0109. The fourth-order valence-corrected chi connectivity index (χ4v) is 3.05. The van der Waals surface area contributed by atoms with Crippen LogP contribution in [0.1, 0.15) is 24.8 Å². The van der Waals surface area contributed by atoms with Crippen LogP contribution in [0.25, 0.3) is 0 Å². The third-order valence-corrected chi connectivity index (χ3v) is 4.55. The predicted octanol–water partition coefficient (Wildman–Crippen LogP) is 1.14. The first-order valence-corrected chi connectivity index (χ1v) is 8.63. The van der Waals surface area contributed by atoms with Crippen molar-refractivity contribution >= 4 is 11.9 Å². The van der Waals surface area contributed by atoms with E-state index in [1.165, 1.54) is 0 Å². The lowest BCUT2D eigenvalue weighted by molar-refractivity contribution is -0.126. The quantitative estimate of drug-likeness (QED) is 0.711. The summed E-state index contributed by atoms with van der Waals surface area (Å²) >= 11 is 0. The zero-order chi connectivity index (χ0) is 18.4. The van der Waals surface area contributed by atoms with Gasteiger partial charge in [-0.2, -0.15) is 0 Å². The third-order valence-electron chi connectivity index (χ3n) is 4.55. The summed E-state index contributed by atoms with van der Waals surface area (Å²) in [5.74, 6) is 0.799. The highest BCUT2D eigenvalue weighted by atomic mass is 16.5. The van der Waals surface area contributed by atoms with Crippen LogP contribution < -0.4 is 15.4 Å². The highest BCUT2D eigenvalue weighted by molar-refractivity contribution is 5.78. The average Bonchev–Trinajstić information content (AvgIpc) is 2.69. The summed E-state index contributed by atoms with van der Waals surface area (Å²) in [6.45, 7) is 0.450. The van der Waals surface area contributed by atoms with E-state index in [4.69, 9.17) is 4.74 Å². The van der Waals surface area contributed by atoms with E-state index in [2.05, 4.69) is 25.6 Å². The molecule has 0 aliphatic heterocycles. The van der Waals surface area contributed by atoms with Crippen molar-refractivity contribution < 1.29 is 14.6 Å². The van der Waals surface area contributed by atoms with Gasteiger partial charge in [-0.15, -0.1) is 0 Å². The summed E-state index contributed by atoms with van der Waals surface area (Å²) in [5, 5.41) is 16.3. The second-order valence-corrected chi connectivity index (χ2v) is 6.35. The van der Waals surface area contributed by atoms with Gasteiger partial charge in [-0.25, -0.2) is 9.97 Å². The Bertz CT molecular complexity index is 711. The molecule has 0 unspecified atom stereocenters. The predicted molar refractivity (Wildman–Crippen MR) is 95.4 cm³/mol. The molecule has 3 rings (SSSR count). The van der Waals surface area contributed by atoms with E-state index in [0.717, 1.165) is 5.56 Å². The number of carbonyl (C=O) groups excluding carboxylic acids is 1. The number of aromatic nitrogens is 3. The molecule has 138 valence electrons. The summed E-state index contributed by atoms with van der Waals surface area (Å²) in [6.07, 6.45) is 7.74. The van der Waals surface area contributed by atoms with Crippen LogP contribution in [0.4, 0.5) is 5.95 Å². The molecule has 0 spiro atoms. The van der Waals surface area contributed by atoms with Crippen LogP contribution in [0.3, 0.4) is 0 Å². The number of amides is 1. The van der Waals surface area contributed by atoms with Crippen LogP contribution in [0.5, 0.6) is 5.75 Å². The molecule has 0 radical (unpaired) electrons. The van der Waals surface area contributed by atoms with Crippen molar-refractivity contribution in [2.24, 2.45) is 5.92 Å². The third kappa shape index (κ3) is 4.66. The lowest BCUT2D eigenvalue weighted by Crippen LogP contribution is -2.44. The van der Waals surface area contributed by atoms with Gasteiger partial charge in [0, 0.05) is 24.9 Å². The van der Waals surface area contributed by atoms with Gasteiger partial charge in [-0.3, -0.25) is 9.78 Å². The molecule has 26 heavy (non-hydrogen) atoms. The number of hydrogen-bond donors (Lipinski definition) is 3. The normalized spacial score (nSPS) is 22.5. The van der Waals surface area contributed by atoms with Crippen molar-refractivity contribution in [2.45, 2.75) is 38.0 Å². The smallest absolute Gasteiger partial charge is 0.223 e. The Balaban J connectivity index is 1.55. The molecule has 1 fully saturated rings. The Kier molecular flexibility index (Phi) is 5.96. The molecular weight excluding hydrogens is 334 g/mol. The Hall–Kier alpha value is -2.74. The Morgan fingerprint density at radius 1 is 1.31 bits per heavy atom. The topological polar surface area (TPSA) is 109 Å². The number of aliphatic hydroxyl groups excluding tert-OH is 1. The van der Waals surface area contributed by atoms with Gasteiger partial charge in [0.25, 0.3) is 0 Å². The monoisotopic (exact) mass is 357 g/mol. The van der Waals surface area contributed by atoms with Gasteiger partial charge in [0.15, 0.2) is 5.75 Å². The summed E-state index contributed by atoms with van der Waals surface area (Å²) < 4.78 is 5.03. The van der Waals surface area contributed by atoms with Gasteiger partial charge in [-0.05, 0) is 30.9 Å². The molecule has 3 N–H and O–H groups in total. The van der Waals surface area contributed by atoms with Crippen molar-refractivity contribution in [3.63, 3.8) is 0 Å². The maximum Gasteiger partial charge on any atom is 0.223 e. The van der Waals surface area contributed by atoms with Gasteiger partial charge in [-0.1, -0.05) is 6.07 Å². The number of aliphatic hydroxyl groups is 1. The Labute approximate surface area is 152 Å². The molecule has 0 bridgehead atoms. The van der Waals surface area contributed by atoms with E-state index in [1.807, 2.05) is 12.1 Å². The second kappa shape index (κ2) is 8.57. The van der Waals surface area contributed by atoms with Crippen LogP contribution in [0.15, 0.2) is 36.9 Å². The molecule has 2 aromatic rings. The van der Waals surface area contributed by atoms with Crippen molar-refractivity contribution in [3.8, 4) is 5.75 Å². The van der Waals surface area contributed by atoms with E-state index >= 15 is 0 Å². The first-order valence-electron chi connectivity index (χ1n) is 8.63. The Morgan fingerprint density at radius 3 is 2.81 bits per heavy atom. The van der Waals surface area contributed by atoms with Gasteiger partial charge in [0.2, 0.25) is 11.9 Å². The number of pyridine rings is 1. The van der Waals surface area contributed by atoms with E-state index < -0.39 is 6.10 Å². The molecule has 1 saturated carbocycles. The van der Waals surface area contributed by atoms with Gasteiger partial charge in [0.05, 0.1) is 31.6 Å². The van der Waals surface area contributed by atoms with E-state index in [0.29, 0.717) is 37.5 Å². The van der Waals surface area contributed by atoms with Crippen molar-refractivity contribution in [2.75, 3.05) is 12.4 Å². The van der Waals surface area contributed by atoms with Crippen LogP contribution >= 0.6 is 0 Å². The number of nitrogens with zero attached hydrogens (tertiary/aromatic N) is 3. The van der Waals surface area contributed by atoms with E-state index in [9.17, 15) is 9.90 Å². The zero-order valence-corrected chi connectivity index (χ0v) is 14.6. The molecule has 8 nitrogen and oxygen atoms in total. The minimum Gasteiger partial charge on any atom is -0.494 e. The second-order valence-electron chi connectivity index (χ2n) is 6.35. The number of ether oxygens (including phenoxy) is 1. The Morgan fingerprint density at radius 2 is 2.12 bits per heavy atom. The number of anilines is 1. The number of rotatable bonds is 6. The standard InChI is InChI=1S/C18H23N5O3/c1-26-14-10-21-18(22-11-14)23-15-7-13(4-5-16(15)24)17(25)20-9-12-3-2-6-19-8-12/h2-3,6,8,10-11,13,15-16,24H,4-5,7,9H2,1H3,(H,20,25)(H,21,22,23)/t13-,15+,16+/m0/s1. The number of hydrogen-bond acceptors (Lipinski definition) is 7. The average molecular weight is 357 g/mol. The molecule has 2 aromatic heterocycles. The van der Waals surface area contributed by atoms with Gasteiger partial charge >= 0.3 is 0 Å². The number of methoxy groups -OCH3 is 1. The molecule has 3 atom stereocenters. The van der Waals surface area contributed by atoms with Crippen LogP contribution in [-0.4, -0.2) is 45.2 Å². The van der Waals surface area contributed by atoms with Gasteiger partial charge in [0.1, 0.15) is 0 Å². The van der Waals surface area contributed by atoms with Crippen molar-refractivity contribution in [3.05, 3.63) is 42.5 Å². The highest BCUT2D eigenvalue weighted by Gasteiger charge is 2.33. The summed E-state index contributed by atoms with van der Waals surface area (Å²) in [7, 11) is 1.55. The van der Waals surface area contributed by atoms with E-state index in [1.54, 1.807) is 31.9 Å². The maximum absolute atomic E-state index is 12.5. The summed E-state index contributed by atoms with van der Waals surface area (Å²) in [5.41, 5.74) is 0.956. The van der Waals surface area contributed by atoms with Gasteiger partial charge < -0.3 is 20.5 Å². The maximum atomic E-state index is 12.5. The summed E-state index contributed by atoms with van der Waals surface area (Å²) in [4.78, 5) is 24.8. The molecule has 0 saturated heterocycles. The molecule has 1 aliphatic rings. The first kappa shape index (κ1) is 18.1. The van der Waals surface area contributed by atoms with Crippen LogP contribution in [0.2, 0.25) is 0 Å². The fraction of sp³-hybridized carbons (Fsp3) is 0.444. The fourth-order valence-electron chi connectivity index (χ4n) is 3.05. The first-order chi connectivity index (χ1) is 12.7. The molecular formula is C18H23N5O3. The lowest BCUT2D eigenvalue weighted by Gasteiger charge is -2.33. The number of carbonyl (C=O) groups is 1. The van der Waals surface area contributed by atoms with Crippen LogP contribution in [0, 0.1) is 5.92 Å². The highest BCUT2D eigenvalue weighted by Crippen LogP contribution is 2.27. The minimum atomic E-state index is -0.539. The summed E-state index contributed by atoms with van der Waals surface area (Å²) in [6, 6.07) is 3.49. The van der Waals surface area contributed by atoms with Crippen molar-refractivity contribution in [1.82, 2.24) is 20.3 Å². The number of nitrogens with one attached hydrogen (secondary N) is 2. The molecule has 1 aliphatic carbocycles. The molecule has 2 heterocycles. The zero-order valence-electron chi connectivity index (χ0n) is 14.6. The molecule has 0 aromatic carbocycles. The molecule has 8 heteroatoms. The lowest BCUT2D eigenvalue weighted by atomic mass is 9.83. The van der Waals surface area contributed by atoms with E-state index in [-0.39, 0.29) is 17.9 Å². The molecule has 1 amide bonds. The SMILES string of the molecule is COc1cnc(N[C@@H]2C[C@@H](C(=O)NCc3cccnc3)CC[C@H]2O)nc1.